The van der Waals surface area contributed by atoms with Crippen LogP contribution in [0.25, 0.3) is 0 Å². The molecule has 9 heteroatoms. The Hall–Kier alpha value is -4.50. The molecule has 0 aliphatic carbocycles. The molecule has 1 aliphatic heterocycles. The molecule has 37 heavy (non-hydrogen) atoms. The van der Waals surface area contributed by atoms with E-state index in [1.54, 1.807) is 29.2 Å². The number of rotatable bonds is 9. The number of carbonyl (C=O) groups excluding carboxylic acids is 1. The van der Waals surface area contributed by atoms with Crippen LogP contribution in [0.3, 0.4) is 0 Å². The monoisotopic (exact) mass is 496 g/mol. The Morgan fingerprint density at radius 1 is 1.11 bits per heavy atom. The van der Waals surface area contributed by atoms with E-state index >= 15 is 0 Å². The number of carbonyl (C=O) groups is 1. The Balaban J connectivity index is 1.44. The first kappa shape index (κ1) is 24.2. The first-order valence-corrected chi connectivity index (χ1v) is 12.1. The molecule has 0 radical (unpaired) electrons. The van der Waals surface area contributed by atoms with Gasteiger partial charge in [0.2, 0.25) is 11.9 Å². The van der Waals surface area contributed by atoms with Gasteiger partial charge in [0.05, 0.1) is 17.9 Å². The maximum atomic E-state index is 13.5. The summed E-state index contributed by atoms with van der Waals surface area (Å²) in [5.74, 6) is 0.913. The van der Waals surface area contributed by atoms with Crippen LogP contribution in [-0.2, 0) is 17.8 Å². The molecule has 1 amide bonds. The highest BCUT2D eigenvalue weighted by molar-refractivity contribution is 5.95. The molecule has 0 bridgehead atoms. The molecule has 2 aromatic heterocycles. The number of aliphatic hydroxyl groups excluding tert-OH is 1. The fourth-order valence-corrected chi connectivity index (χ4v) is 4.34. The molecule has 9 nitrogen and oxygen atoms in total. The summed E-state index contributed by atoms with van der Waals surface area (Å²) >= 11 is 0. The van der Waals surface area contributed by atoms with Crippen LogP contribution in [-0.4, -0.2) is 37.4 Å². The minimum atomic E-state index is -0.670. The number of nitrogens with one attached hydrogen (secondary N) is 2. The number of fused-ring (bicyclic) bond motifs is 1. The number of nitrogens with zero attached hydrogens (tertiary/aromatic N) is 4. The van der Waals surface area contributed by atoms with Crippen LogP contribution in [0, 0.1) is 5.92 Å². The minimum absolute atomic E-state index is 0.0496. The predicted molar refractivity (Wildman–Crippen MR) is 140 cm³/mol. The van der Waals surface area contributed by atoms with E-state index in [1.165, 1.54) is 0 Å². The largest absolute Gasteiger partial charge is 0.489 e. The molecule has 2 atom stereocenters. The van der Waals surface area contributed by atoms with Crippen molar-refractivity contribution in [3.05, 3.63) is 108 Å². The summed E-state index contributed by atoms with van der Waals surface area (Å²) in [7, 11) is 0. The second-order valence-electron chi connectivity index (χ2n) is 8.77. The third-order valence-electron chi connectivity index (χ3n) is 6.14. The van der Waals surface area contributed by atoms with Crippen LogP contribution in [0.2, 0.25) is 0 Å². The van der Waals surface area contributed by atoms with Gasteiger partial charge in [-0.05, 0) is 41.8 Å². The van der Waals surface area contributed by atoms with Gasteiger partial charge in [-0.3, -0.25) is 9.78 Å². The summed E-state index contributed by atoms with van der Waals surface area (Å²) < 4.78 is 7.68. The second kappa shape index (κ2) is 11.0. The molecule has 1 aliphatic rings. The zero-order valence-electron chi connectivity index (χ0n) is 20.2. The lowest BCUT2D eigenvalue weighted by molar-refractivity contribution is -0.119. The van der Waals surface area contributed by atoms with E-state index in [4.69, 9.17) is 4.74 Å². The van der Waals surface area contributed by atoms with Gasteiger partial charge in [0.15, 0.2) is 5.82 Å². The number of benzene rings is 2. The molecule has 4 aromatic rings. The highest BCUT2D eigenvalue weighted by Gasteiger charge is 2.40. The number of aliphatic hydroxyl groups is 1. The topological polar surface area (TPSA) is 114 Å². The fraction of sp³-hybridized carbons (Fsp3) is 0.214. The summed E-state index contributed by atoms with van der Waals surface area (Å²) in [6, 6.07) is 20.7. The average Bonchev–Trinajstić information content (AvgIpc) is 3.33. The third-order valence-corrected chi connectivity index (χ3v) is 6.14. The maximum Gasteiger partial charge on any atom is 0.236 e. The first-order chi connectivity index (χ1) is 18.1. The van der Waals surface area contributed by atoms with Gasteiger partial charge in [-0.1, -0.05) is 49.0 Å². The SMILES string of the molecule is C=C1Nc2nc(CCCO)nn2[C@H](c2ccc(OCc3ccccc3)cc2)[C@@H]1C(=O)Nc1cccnc1. The number of aromatic nitrogens is 4. The average molecular weight is 497 g/mol. The number of hydrogen-bond acceptors (Lipinski definition) is 7. The van der Waals surface area contributed by atoms with Crippen molar-refractivity contribution < 1.29 is 14.6 Å². The summed E-state index contributed by atoms with van der Waals surface area (Å²) in [6.07, 6.45) is 4.32. The van der Waals surface area contributed by atoms with Crippen LogP contribution in [0.15, 0.2) is 91.4 Å². The first-order valence-electron chi connectivity index (χ1n) is 12.1. The lowest BCUT2D eigenvalue weighted by atomic mass is 9.88. The molecule has 0 fully saturated rings. The van der Waals surface area contributed by atoms with Crippen molar-refractivity contribution in [3.63, 3.8) is 0 Å². The van der Waals surface area contributed by atoms with Gasteiger partial charge in [-0.25, -0.2) is 4.68 Å². The van der Waals surface area contributed by atoms with Gasteiger partial charge in [0, 0.05) is 24.9 Å². The van der Waals surface area contributed by atoms with Crippen LogP contribution in [0.5, 0.6) is 5.75 Å². The third kappa shape index (κ3) is 5.52. The Bertz CT molecular complexity index is 1360. The van der Waals surface area contributed by atoms with Gasteiger partial charge in [0.1, 0.15) is 18.3 Å². The molecular weight excluding hydrogens is 468 g/mol. The van der Waals surface area contributed by atoms with E-state index < -0.39 is 12.0 Å². The fourth-order valence-electron chi connectivity index (χ4n) is 4.34. The Morgan fingerprint density at radius 2 is 1.92 bits per heavy atom. The van der Waals surface area contributed by atoms with E-state index in [0.717, 1.165) is 16.9 Å². The molecule has 188 valence electrons. The van der Waals surface area contributed by atoms with Crippen molar-refractivity contribution in [3.8, 4) is 5.75 Å². The molecule has 5 rings (SSSR count). The molecule has 0 spiro atoms. The Labute approximate surface area is 214 Å². The molecule has 3 heterocycles. The summed E-state index contributed by atoms with van der Waals surface area (Å²) in [5.41, 5.74) is 3.05. The Morgan fingerprint density at radius 3 is 2.65 bits per heavy atom. The molecule has 0 saturated carbocycles. The van der Waals surface area contributed by atoms with Gasteiger partial charge >= 0.3 is 0 Å². The van der Waals surface area contributed by atoms with Crippen molar-refractivity contribution in [2.75, 3.05) is 17.2 Å². The van der Waals surface area contributed by atoms with Crippen LogP contribution in [0.1, 0.15) is 29.4 Å². The lowest BCUT2D eigenvalue weighted by Crippen LogP contribution is -2.39. The van der Waals surface area contributed by atoms with Gasteiger partial charge in [0.25, 0.3) is 0 Å². The summed E-state index contributed by atoms with van der Waals surface area (Å²) in [4.78, 5) is 22.2. The van der Waals surface area contributed by atoms with Crippen molar-refractivity contribution in [2.45, 2.75) is 25.5 Å². The Kier molecular flexibility index (Phi) is 7.23. The highest BCUT2D eigenvalue weighted by atomic mass is 16.5. The number of pyridine rings is 1. The predicted octanol–water partition coefficient (Wildman–Crippen LogP) is 3.96. The highest BCUT2D eigenvalue weighted by Crippen LogP contribution is 2.38. The molecule has 3 N–H and O–H groups in total. The smallest absolute Gasteiger partial charge is 0.236 e. The molecule has 0 unspecified atom stereocenters. The normalized spacial score (nSPS) is 16.5. The van der Waals surface area contributed by atoms with Crippen molar-refractivity contribution >= 4 is 17.5 Å². The molecular formula is C28H28N6O3. The van der Waals surface area contributed by atoms with Crippen LogP contribution in [0.4, 0.5) is 11.6 Å². The van der Waals surface area contributed by atoms with Gasteiger partial charge in [-0.2, -0.15) is 10.1 Å². The standard InChI is InChI=1S/C28H28N6O3/c1-19-25(27(36)31-22-9-5-15-29-17-22)26(34-28(30-19)32-24(33-34)10-6-16-35)21-11-13-23(14-12-21)37-18-20-7-3-2-4-8-20/h2-5,7-9,11-15,17,25-26,35H,1,6,10,16,18H2,(H,31,36)(H,30,32,33)/t25-,26-/m1/s1. The quantitative estimate of drug-likeness (QED) is 0.321. The summed E-state index contributed by atoms with van der Waals surface area (Å²) in [6.45, 7) is 4.66. The minimum Gasteiger partial charge on any atom is -0.489 e. The maximum absolute atomic E-state index is 13.5. The lowest BCUT2D eigenvalue weighted by Gasteiger charge is -2.33. The molecule has 2 aromatic carbocycles. The number of ether oxygens (including phenoxy) is 1. The van der Waals surface area contributed by atoms with Crippen molar-refractivity contribution in [2.24, 2.45) is 5.92 Å². The van der Waals surface area contributed by atoms with Gasteiger partial charge < -0.3 is 20.5 Å². The number of amides is 1. The van der Waals surface area contributed by atoms with Crippen LogP contribution < -0.4 is 15.4 Å². The van der Waals surface area contributed by atoms with E-state index in [0.29, 0.717) is 42.6 Å². The second-order valence-corrected chi connectivity index (χ2v) is 8.77. The van der Waals surface area contributed by atoms with Crippen molar-refractivity contribution in [1.82, 2.24) is 19.7 Å². The van der Waals surface area contributed by atoms with E-state index in [1.807, 2.05) is 54.6 Å². The van der Waals surface area contributed by atoms with Gasteiger partial charge in [-0.15, -0.1) is 0 Å². The summed E-state index contributed by atoms with van der Waals surface area (Å²) in [5, 5.41) is 20.0. The van der Waals surface area contributed by atoms with E-state index in [-0.39, 0.29) is 12.5 Å². The number of aryl methyl sites for hydroxylation is 1. The number of hydrogen-bond donors (Lipinski definition) is 3. The zero-order chi connectivity index (χ0) is 25.6. The van der Waals surface area contributed by atoms with Crippen LogP contribution >= 0.6 is 0 Å². The van der Waals surface area contributed by atoms with E-state index in [2.05, 4.69) is 32.3 Å². The zero-order valence-corrected chi connectivity index (χ0v) is 20.2. The molecule has 0 saturated heterocycles. The van der Waals surface area contributed by atoms with E-state index in [9.17, 15) is 9.90 Å². The number of anilines is 2. The van der Waals surface area contributed by atoms with Crippen molar-refractivity contribution in [1.29, 1.82) is 0 Å².